The van der Waals surface area contributed by atoms with Gasteiger partial charge in [0.2, 0.25) is 0 Å². The molecule has 0 amide bonds. The van der Waals surface area contributed by atoms with Crippen molar-refractivity contribution in [2.75, 3.05) is 0 Å². The lowest BCUT2D eigenvalue weighted by Gasteiger charge is -2.14. The van der Waals surface area contributed by atoms with Crippen LogP contribution in [0, 0.1) is 5.41 Å². The van der Waals surface area contributed by atoms with Crippen molar-refractivity contribution in [2.45, 2.75) is 13.0 Å². The monoisotopic (exact) mass is 390 g/mol. The van der Waals surface area contributed by atoms with Gasteiger partial charge in [-0.25, -0.2) is 14.6 Å². The molecule has 0 aliphatic heterocycles. The third-order valence-corrected chi connectivity index (χ3v) is 5.03. The second kappa shape index (κ2) is 6.28. The third kappa shape index (κ3) is 2.49. The molecular formula is C19H15ClN8. The highest BCUT2D eigenvalue weighted by Gasteiger charge is 2.20. The van der Waals surface area contributed by atoms with Crippen LogP contribution in [0.5, 0.6) is 0 Å². The summed E-state index contributed by atoms with van der Waals surface area (Å²) in [5.41, 5.74) is 3.94. The van der Waals surface area contributed by atoms with Gasteiger partial charge in [0.25, 0.3) is 0 Å². The Morgan fingerprint density at radius 3 is 2.93 bits per heavy atom. The number of halogens is 1. The topological polar surface area (TPSA) is 101 Å². The van der Waals surface area contributed by atoms with Crippen LogP contribution in [0.1, 0.15) is 18.7 Å². The smallest absolute Gasteiger partial charge is 0.182 e. The number of nitrogens with one attached hydrogen (secondary N) is 2. The molecule has 8 nitrogen and oxygen atoms in total. The maximum absolute atomic E-state index is 8.53. The number of rotatable bonds is 3. The summed E-state index contributed by atoms with van der Waals surface area (Å²) in [4.78, 5) is 15.6. The van der Waals surface area contributed by atoms with Gasteiger partial charge in [-0.2, -0.15) is 5.10 Å². The van der Waals surface area contributed by atoms with E-state index < -0.39 is 0 Å². The van der Waals surface area contributed by atoms with Crippen molar-refractivity contribution in [2.24, 2.45) is 0 Å². The van der Waals surface area contributed by atoms with Gasteiger partial charge in [0.15, 0.2) is 11.1 Å². The molecule has 0 unspecified atom stereocenters. The van der Waals surface area contributed by atoms with Gasteiger partial charge < -0.3 is 9.55 Å². The largest absolute Gasteiger partial charge is 0.340 e. The molecule has 0 aliphatic carbocycles. The minimum atomic E-state index is -0.228. The molecule has 9 heteroatoms. The number of fused-ring (bicyclic) bond motifs is 2. The molecule has 0 spiro atoms. The van der Waals surface area contributed by atoms with Crippen LogP contribution in [0.25, 0.3) is 27.8 Å². The van der Waals surface area contributed by atoms with Crippen molar-refractivity contribution >= 4 is 33.7 Å². The quantitative estimate of drug-likeness (QED) is 0.493. The summed E-state index contributed by atoms with van der Waals surface area (Å²) in [6.07, 6.45) is 6.64. The average Bonchev–Trinajstić information content (AvgIpc) is 3.33. The molecule has 2 N–H and O–H groups in total. The summed E-state index contributed by atoms with van der Waals surface area (Å²) in [5.74, 6) is 0. The molecule has 0 saturated carbocycles. The van der Waals surface area contributed by atoms with Gasteiger partial charge >= 0.3 is 0 Å². The molecule has 138 valence electrons. The zero-order valence-corrected chi connectivity index (χ0v) is 15.6. The Kier molecular flexibility index (Phi) is 3.73. The normalized spacial score (nSPS) is 12.6. The zero-order valence-electron chi connectivity index (χ0n) is 14.8. The van der Waals surface area contributed by atoms with Crippen molar-refractivity contribution in [3.8, 4) is 5.69 Å². The summed E-state index contributed by atoms with van der Waals surface area (Å²) in [6.45, 7) is 1.99. The fraction of sp³-hybridized carbons (Fsp3) is 0.105. The molecule has 5 rings (SSSR count). The maximum atomic E-state index is 8.53. The highest BCUT2D eigenvalue weighted by Crippen LogP contribution is 2.29. The summed E-state index contributed by atoms with van der Waals surface area (Å²) in [5, 5.41) is 15.0. The Bertz CT molecular complexity index is 1370. The second-order valence-corrected chi connectivity index (χ2v) is 6.88. The lowest BCUT2D eigenvalue weighted by molar-refractivity contribution is 0.576. The minimum absolute atomic E-state index is 0.228. The van der Waals surface area contributed by atoms with Crippen LogP contribution in [0.3, 0.4) is 0 Å². The average molecular weight is 391 g/mol. The van der Waals surface area contributed by atoms with Crippen molar-refractivity contribution < 1.29 is 0 Å². The van der Waals surface area contributed by atoms with Gasteiger partial charge in [0.1, 0.15) is 5.52 Å². The van der Waals surface area contributed by atoms with Crippen molar-refractivity contribution in [1.82, 2.24) is 34.3 Å². The Morgan fingerprint density at radius 2 is 2.11 bits per heavy atom. The van der Waals surface area contributed by atoms with Gasteiger partial charge in [-0.15, -0.1) is 0 Å². The van der Waals surface area contributed by atoms with E-state index in [1.807, 2.05) is 41.9 Å². The van der Waals surface area contributed by atoms with Crippen molar-refractivity contribution in [1.29, 1.82) is 5.41 Å². The van der Waals surface area contributed by atoms with Crippen LogP contribution in [0.4, 0.5) is 0 Å². The van der Waals surface area contributed by atoms with E-state index in [4.69, 9.17) is 22.1 Å². The van der Waals surface area contributed by atoms with Crippen LogP contribution in [-0.4, -0.2) is 34.3 Å². The van der Waals surface area contributed by atoms with Crippen molar-refractivity contribution in [3.63, 3.8) is 0 Å². The van der Waals surface area contributed by atoms with Crippen LogP contribution < -0.4 is 5.49 Å². The molecule has 0 bridgehead atoms. The number of H-pyrrole nitrogens is 1. The van der Waals surface area contributed by atoms with Crippen molar-refractivity contribution in [3.05, 3.63) is 71.6 Å². The van der Waals surface area contributed by atoms with E-state index in [0.717, 1.165) is 22.3 Å². The molecular weight excluding hydrogens is 376 g/mol. The van der Waals surface area contributed by atoms with E-state index >= 15 is 0 Å². The van der Waals surface area contributed by atoms with Crippen LogP contribution >= 0.6 is 11.6 Å². The summed E-state index contributed by atoms with van der Waals surface area (Å²) < 4.78 is 3.59. The zero-order chi connectivity index (χ0) is 19.3. The summed E-state index contributed by atoms with van der Waals surface area (Å²) in [7, 11) is 0. The van der Waals surface area contributed by atoms with Gasteiger partial charge in [0.05, 0.1) is 41.8 Å². The third-order valence-electron chi connectivity index (χ3n) is 4.79. The van der Waals surface area contributed by atoms with E-state index in [9.17, 15) is 0 Å². The molecule has 0 saturated heterocycles. The number of hydrogen-bond donors (Lipinski definition) is 2. The molecule has 0 fully saturated rings. The van der Waals surface area contributed by atoms with E-state index in [2.05, 4.69) is 19.9 Å². The van der Waals surface area contributed by atoms with E-state index in [0.29, 0.717) is 21.7 Å². The Hall–Kier alpha value is -3.52. The molecule has 4 aromatic heterocycles. The minimum Gasteiger partial charge on any atom is -0.340 e. The number of nitrogens with zero attached hydrogens (tertiary/aromatic N) is 6. The van der Waals surface area contributed by atoms with Crippen LogP contribution in [0.15, 0.2) is 55.4 Å². The predicted molar refractivity (Wildman–Crippen MR) is 105 cm³/mol. The maximum Gasteiger partial charge on any atom is 0.182 e. The Labute approximate surface area is 164 Å². The van der Waals surface area contributed by atoms with E-state index in [1.54, 1.807) is 29.6 Å². The predicted octanol–water partition coefficient (Wildman–Crippen LogP) is 3.24. The molecule has 1 aromatic carbocycles. The van der Waals surface area contributed by atoms with E-state index in [-0.39, 0.29) is 6.04 Å². The van der Waals surface area contributed by atoms with Gasteiger partial charge in [-0.3, -0.25) is 10.4 Å². The number of imidazole rings is 1. The fourth-order valence-electron chi connectivity index (χ4n) is 3.38. The number of aromatic amines is 1. The van der Waals surface area contributed by atoms with Crippen LogP contribution in [-0.2, 0) is 0 Å². The van der Waals surface area contributed by atoms with E-state index in [1.165, 1.54) is 0 Å². The first-order valence-electron chi connectivity index (χ1n) is 8.67. The lowest BCUT2D eigenvalue weighted by atomic mass is 10.1. The molecule has 0 radical (unpaired) electrons. The molecule has 28 heavy (non-hydrogen) atoms. The summed E-state index contributed by atoms with van der Waals surface area (Å²) >= 11 is 6.25. The molecule has 0 aliphatic rings. The Balaban J connectivity index is 1.74. The first-order chi connectivity index (χ1) is 13.6. The standard InChI is InChI=1S/C19H15ClN8/c1-11(27-10-25-19-17(18(27)21)23-9-24-19)16-14-5-4-12(20)7-15(14)28(26-16)13-3-2-6-22-8-13/h2-11,21H,1H3,(H,23,24)/t11-/m0/s1. The highest BCUT2D eigenvalue weighted by molar-refractivity contribution is 6.31. The molecule has 5 aromatic rings. The van der Waals surface area contributed by atoms with Crippen LogP contribution in [0.2, 0.25) is 5.02 Å². The number of hydrogen-bond acceptors (Lipinski definition) is 5. The first-order valence-corrected chi connectivity index (χ1v) is 9.04. The summed E-state index contributed by atoms with van der Waals surface area (Å²) in [6, 6.07) is 9.26. The van der Waals surface area contributed by atoms with Gasteiger partial charge in [-0.05, 0) is 37.3 Å². The number of benzene rings is 1. The number of aromatic nitrogens is 7. The number of pyridine rings is 1. The molecule has 1 atom stereocenters. The SMILES string of the molecule is C[C@@H](c1nn(-c2cccnc2)c2cc(Cl)ccc12)n1cnc2nc[nH]c2c1=N. The van der Waals surface area contributed by atoms with Gasteiger partial charge in [-0.1, -0.05) is 11.6 Å². The molecule has 4 heterocycles. The van der Waals surface area contributed by atoms with Gasteiger partial charge in [0, 0.05) is 16.6 Å². The highest BCUT2D eigenvalue weighted by atomic mass is 35.5. The second-order valence-electron chi connectivity index (χ2n) is 6.45. The fourth-order valence-corrected chi connectivity index (χ4v) is 3.55. The lowest BCUT2D eigenvalue weighted by Crippen LogP contribution is -2.25. The Morgan fingerprint density at radius 1 is 1.21 bits per heavy atom. The first kappa shape index (κ1) is 16.6.